The highest BCUT2D eigenvalue weighted by Crippen LogP contribution is 2.22. The largest absolute Gasteiger partial charge is 0.483 e. The number of ether oxygens (including phenoxy) is 1. The summed E-state index contributed by atoms with van der Waals surface area (Å²) >= 11 is 5.81. The Bertz CT molecular complexity index is 421. The Hall–Kier alpha value is -1.26. The monoisotopic (exact) mass is 285 g/mol. The SMILES string of the molecule is CC(C)CCNC(=O)COc1ccc(Cl)cc1CO. The lowest BCUT2D eigenvalue weighted by Crippen LogP contribution is -2.30. The van der Waals surface area contributed by atoms with Crippen molar-refractivity contribution < 1.29 is 14.6 Å². The number of carbonyl (C=O) groups excluding carboxylic acids is 1. The number of hydrogen-bond acceptors (Lipinski definition) is 3. The molecule has 2 N–H and O–H groups in total. The molecular formula is C14H20ClNO3. The maximum Gasteiger partial charge on any atom is 0.257 e. The molecule has 0 aliphatic heterocycles. The molecule has 0 aliphatic rings. The van der Waals surface area contributed by atoms with Gasteiger partial charge >= 0.3 is 0 Å². The van der Waals surface area contributed by atoms with Crippen LogP contribution in [0.1, 0.15) is 25.8 Å². The molecule has 106 valence electrons. The Kier molecular flexibility index (Phi) is 6.67. The van der Waals surface area contributed by atoms with E-state index in [0.717, 1.165) is 6.42 Å². The molecule has 0 aromatic heterocycles. The summed E-state index contributed by atoms with van der Waals surface area (Å²) in [5.74, 6) is 0.865. The molecule has 0 heterocycles. The zero-order valence-corrected chi connectivity index (χ0v) is 12.0. The van der Waals surface area contributed by atoms with Crippen molar-refractivity contribution in [2.75, 3.05) is 13.2 Å². The lowest BCUT2D eigenvalue weighted by Gasteiger charge is -2.11. The van der Waals surface area contributed by atoms with Crippen LogP contribution in [0, 0.1) is 5.92 Å². The molecule has 0 unspecified atom stereocenters. The first-order valence-electron chi connectivity index (χ1n) is 6.31. The third-order valence-electron chi connectivity index (χ3n) is 2.60. The molecule has 0 fully saturated rings. The molecule has 0 atom stereocenters. The van der Waals surface area contributed by atoms with Gasteiger partial charge in [-0.15, -0.1) is 0 Å². The average molecular weight is 286 g/mol. The van der Waals surface area contributed by atoms with Gasteiger partial charge in [-0.3, -0.25) is 4.79 Å². The second-order valence-corrected chi connectivity index (χ2v) is 5.17. The fraction of sp³-hybridized carbons (Fsp3) is 0.500. The Labute approximate surface area is 118 Å². The van der Waals surface area contributed by atoms with Gasteiger partial charge in [-0.05, 0) is 30.5 Å². The standard InChI is InChI=1S/C14H20ClNO3/c1-10(2)5-6-16-14(18)9-19-13-4-3-12(15)7-11(13)8-17/h3-4,7,10,17H,5-6,8-9H2,1-2H3,(H,16,18). The Morgan fingerprint density at radius 1 is 1.47 bits per heavy atom. The van der Waals surface area contributed by atoms with E-state index in [2.05, 4.69) is 19.2 Å². The third kappa shape index (κ3) is 5.94. The molecule has 4 nitrogen and oxygen atoms in total. The van der Waals surface area contributed by atoms with Gasteiger partial charge in [-0.1, -0.05) is 25.4 Å². The number of aliphatic hydroxyl groups is 1. The van der Waals surface area contributed by atoms with Crippen LogP contribution < -0.4 is 10.1 Å². The molecule has 1 amide bonds. The molecule has 0 saturated carbocycles. The minimum absolute atomic E-state index is 0.0628. The average Bonchev–Trinajstić information content (AvgIpc) is 2.36. The van der Waals surface area contributed by atoms with E-state index in [4.69, 9.17) is 16.3 Å². The molecule has 5 heteroatoms. The second-order valence-electron chi connectivity index (χ2n) is 4.73. The van der Waals surface area contributed by atoms with Crippen LogP contribution in [-0.4, -0.2) is 24.2 Å². The Balaban J connectivity index is 2.41. The molecule has 1 aromatic carbocycles. The normalized spacial score (nSPS) is 10.6. The fourth-order valence-electron chi connectivity index (χ4n) is 1.51. The highest BCUT2D eigenvalue weighted by molar-refractivity contribution is 6.30. The summed E-state index contributed by atoms with van der Waals surface area (Å²) in [6, 6.07) is 4.93. The van der Waals surface area contributed by atoms with E-state index in [9.17, 15) is 9.90 Å². The number of aliphatic hydroxyl groups excluding tert-OH is 1. The predicted octanol–water partition coefficient (Wildman–Crippen LogP) is 2.37. The summed E-state index contributed by atoms with van der Waals surface area (Å²) in [5, 5.41) is 12.5. The quantitative estimate of drug-likeness (QED) is 0.809. The van der Waals surface area contributed by atoms with Crippen LogP contribution in [0.3, 0.4) is 0 Å². The lowest BCUT2D eigenvalue weighted by atomic mass is 10.1. The van der Waals surface area contributed by atoms with Gasteiger partial charge in [0.25, 0.3) is 5.91 Å². The van der Waals surface area contributed by atoms with Gasteiger partial charge in [-0.2, -0.15) is 0 Å². The van der Waals surface area contributed by atoms with Crippen molar-refractivity contribution in [1.82, 2.24) is 5.32 Å². The number of amides is 1. The van der Waals surface area contributed by atoms with Gasteiger partial charge in [-0.25, -0.2) is 0 Å². The van der Waals surface area contributed by atoms with Crippen molar-refractivity contribution in [1.29, 1.82) is 0 Å². The van der Waals surface area contributed by atoms with Crippen molar-refractivity contribution in [3.8, 4) is 5.75 Å². The van der Waals surface area contributed by atoms with Crippen LogP contribution in [0.15, 0.2) is 18.2 Å². The molecule has 0 spiro atoms. The first kappa shape index (κ1) is 15.8. The number of nitrogens with one attached hydrogen (secondary N) is 1. The molecule has 19 heavy (non-hydrogen) atoms. The number of hydrogen-bond donors (Lipinski definition) is 2. The number of halogens is 1. The summed E-state index contributed by atoms with van der Waals surface area (Å²) in [6.45, 7) is 4.61. The summed E-state index contributed by atoms with van der Waals surface area (Å²) in [5.41, 5.74) is 0.572. The summed E-state index contributed by atoms with van der Waals surface area (Å²) in [6.07, 6.45) is 0.939. The van der Waals surface area contributed by atoms with Crippen LogP contribution in [0.25, 0.3) is 0 Å². The fourth-order valence-corrected chi connectivity index (χ4v) is 1.70. The van der Waals surface area contributed by atoms with Crippen molar-refractivity contribution in [2.24, 2.45) is 5.92 Å². The molecule has 0 saturated heterocycles. The van der Waals surface area contributed by atoms with Gasteiger partial charge in [0, 0.05) is 17.1 Å². The van der Waals surface area contributed by atoms with E-state index in [0.29, 0.717) is 28.8 Å². The van der Waals surface area contributed by atoms with Crippen LogP contribution in [-0.2, 0) is 11.4 Å². The van der Waals surface area contributed by atoms with Crippen LogP contribution >= 0.6 is 11.6 Å². The van der Waals surface area contributed by atoms with Gasteiger partial charge in [0.05, 0.1) is 6.61 Å². The maximum absolute atomic E-state index is 11.5. The predicted molar refractivity (Wildman–Crippen MR) is 75.3 cm³/mol. The van der Waals surface area contributed by atoms with E-state index in [-0.39, 0.29) is 19.1 Å². The zero-order chi connectivity index (χ0) is 14.3. The van der Waals surface area contributed by atoms with E-state index < -0.39 is 0 Å². The van der Waals surface area contributed by atoms with E-state index in [1.165, 1.54) is 0 Å². The van der Waals surface area contributed by atoms with Gasteiger partial charge < -0.3 is 15.2 Å². The van der Waals surface area contributed by atoms with Crippen LogP contribution in [0.5, 0.6) is 5.75 Å². The summed E-state index contributed by atoms with van der Waals surface area (Å²) in [4.78, 5) is 11.5. The number of benzene rings is 1. The topological polar surface area (TPSA) is 58.6 Å². The van der Waals surface area contributed by atoms with Crippen molar-refractivity contribution in [3.63, 3.8) is 0 Å². The molecule has 0 bridgehead atoms. The molecule has 1 aromatic rings. The van der Waals surface area contributed by atoms with Crippen molar-refractivity contribution >= 4 is 17.5 Å². The Morgan fingerprint density at radius 2 is 2.21 bits per heavy atom. The first-order chi connectivity index (χ1) is 9.02. The zero-order valence-electron chi connectivity index (χ0n) is 11.3. The summed E-state index contributed by atoms with van der Waals surface area (Å²) in [7, 11) is 0. The van der Waals surface area contributed by atoms with Crippen molar-refractivity contribution in [2.45, 2.75) is 26.9 Å². The van der Waals surface area contributed by atoms with Crippen molar-refractivity contribution in [3.05, 3.63) is 28.8 Å². The number of carbonyl (C=O) groups is 1. The smallest absolute Gasteiger partial charge is 0.257 e. The molecule has 1 rings (SSSR count). The molecule has 0 radical (unpaired) electrons. The van der Waals surface area contributed by atoms with Crippen LogP contribution in [0.4, 0.5) is 0 Å². The molecular weight excluding hydrogens is 266 g/mol. The minimum atomic E-state index is -0.176. The minimum Gasteiger partial charge on any atom is -0.483 e. The Morgan fingerprint density at radius 3 is 2.84 bits per heavy atom. The van der Waals surface area contributed by atoms with Gasteiger partial charge in [0.15, 0.2) is 6.61 Å². The van der Waals surface area contributed by atoms with E-state index in [1.807, 2.05) is 0 Å². The third-order valence-corrected chi connectivity index (χ3v) is 2.83. The lowest BCUT2D eigenvalue weighted by molar-refractivity contribution is -0.123. The highest BCUT2D eigenvalue weighted by atomic mass is 35.5. The van der Waals surface area contributed by atoms with Gasteiger partial charge in [0.1, 0.15) is 5.75 Å². The molecule has 0 aliphatic carbocycles. The number of rotatable bonds is 7. The maximum atomic E-state index is 11.5. The van der Waals surface area contributed by atoms with Gasteiger partial charge in [0.2, 0.25) is 0 Å². The van der Waals surface area contributed by atoms with E-state index in [1.54, 1.807) is 18.2 Å². The highest BCUT2D eigenvalue weighted by Gasteiger charge is 2.07. The van der Waals surface area contributed by atoms with E-state index >= 15 is 0 Å². The van der Waals surface area contributed by atoms with Crippen LogP contribution in [0.2, 0.25) is 5.02 Å². The summed E-state index contributed by atoms with van der Waals surface area (Å²) < 4.78 is 5.37. The second kappa shape index (κ2) is 8.02. The first-order valence-corrected chi connectivity index (χ1v) is 6.69.